The van der Waals surface area contributed by atoms with Crippen molar-refractivity contribution in [1.29, 1.82) is 0 Å². The molecule has 0 heterocycles. The van der Waals surface area contributed by atoms with Gasteiger partial charge in [0.2, 0.25) is 0 Å². The lowest BCUT2D eigenvalue weighted by Crippen LogP contribution is -2.16. The van der Waals surface area contributed by atoms with E-state index < -0.39 is 0 Å². The molecule has 0 saturated heterocycles. The van der Waals surface area contributed by atoms with Crippen molar-refractivity contribution in [2.45, 2.75) is 6.92 Å². The maximum absolute atomic E-state index is 11.0. The van der Waals surface area contributed by atoms with Gasteiger partial charge in [0.05, 0.1) is 28.9 Å². The predicted molar refractivity (Wildman–Crippen MR) is 77.4 cm³/mol. The highest BCUT2D eigenvalue weighted by Gasteiger charge is 2.07. The van der Waals surface area contributed by atoms with Crippen LogP contribution in [-0.2, 0) is 14.3 Å². The lowest BCUT2D eigenvalue weighted by molar-refractivity contribution is -0.148. The van der Waals surface area contributed by atoms with Gasteiger partial charge in [-0.3, -0.25) is 0 Å². The predicted octanol–water partition coefficient (Wildman–Crippen LogP) is 3.64. The number of rotatable bonds is 7. The summed E-state index contributed by atoms with van der Waals surface area (Å²) in [6.07, 6.45) is 0. The Bertz CT molecular complexity index is 417. The zero-order valence-corrected chi connectivity index (χ0v) is 12.6. The molecule has 0 fully saturated rings. The molecule has 1 N–H and O–H groups in total. The lowest BCUT2D eigenvalue weighted by atomic mass is 10.3. The highest BCUT2D eigenvalue weighted by atomic mass is 35.5. The summed E-state index contributed by atoms with van der Waals surface area (Å²) < 4.78 is 9.84. The SMILES string of the molecule is CCOC(=O)COCCNc1c(Cl)cc(Cl)cc1Cl. The number of benzene rings is 1. The molecule has 1 rings (SSSR count). The van der Waals surface area contributed by atoms with E-state index in [-0.39, 0.29) is 12.6 Å². The van der Waals surface area contributed by atoms with Crippen molar-refractivity contribution in [2.24, 2.45) is 0 Å². The highest BCUT2D eigenvalue weighted by Crippen LogP contribution is 2.33. The summed E-state index contributed by atoms with van der Waals surface area (Å²) >= 11 is 17.8. The van der Waals surface area contributed by atoms with Crippen molar-refractivity contribution >= 4 is 46.5 Å². The molecular weight excluding hydrogens is 312 g/mol. The maximum Gasteiger partial charge on any atom is 0.332 e. The molecule has 1 aromatic carbocycles. The van der Waals surface area contributed by atoms with Gasteiger partial charge < -0.3 is 14.8 Å². The number of carbonyl (C=O) groups excluding carboxylic acids is 1. The highest BCUT2D eigenvalue weighted by molar-refractivity contribution is 6.41. The van der Waals surface area contributed by atoms with E-state index in [9.17, 15) is 4.79 Å². The molecule has 0 bridgehead atoms. The monoisotopic (exact) mass is 325 g/mol. The van der Waals surface area contributed by atoms with Gasteiger partial charge >= 0.3 is 5.97 Å². The van der Waals surface area contributed by atoms with Crippen molar-refractivity contribution in [2.75, 3.05) is 31.7 Å². The first kappa shape index (κ1) is 16.4. The quantitative estimate of drug-likeness (QED) is 0.614. The van der Waals surface area contributed by atoms with Gasteiger partial charge in [-0.15, -0.1) is 0 Å². The van der Waals surface area contributed by atoms with E-state index in [2.05, 4.69) is 5.32 Å². The number of hydrogen-bond acceptors (Lipinski definition) is 4. The molecule has 0 amide bonds. The van der Waals surface area contributed by atoms with E-state index in [0.717, 1.165) is 0 Å². The number of carbonyl (C=O) groups is 1. The van der Waals surface area contributed by atoms with Crippen LogP contribution in [0.1, 0.15) is 6.92 Å². The van der Waals surface area contributed by atoms with Gasteiger partial charge in [-0.2, -0.15) is 0 Å². The summed E-state index contributed by atoms with van der Waals surface area (Å²) in [5.74, 6) is -0.384. The number of anilines is 1. The molecule has 106 valence electrons. The molecule has 0 aliphatic rings. The van der Waals surface area contributed by atoms with Crippen LogP contribution in [-0.4, -0.2) is 32.3 Å². The summed E-state index contributed by atoms with van der Waals surface area (Å²) in [6, 6.07) is 3.19. The van der Waals surface area contributed by atoms with E-state index >= 15 is 0 Å². The fourth-order valence-electron chi connectivity index (χ4n) is 1.32. The van der Waals surface area contributed by atoms with E-state index in [1.165, 1.54) is 0 Å². The topological polar surface area (TPSA) is 47.6 Å². The van der Waals surface area contributed by atoms with E-state index in [1.54, 1.807) is 19.1 Å². The van der Waals surface area contributed by atoms with Gasteiger partial charge in [-0.1, -0.05) is 34.8 Å². The first-order valence-electron chi connectivity index (χ1n) is 5.66. The van der Waals surface area contributed by atoms with E-state index in [0.29, 0.717) is 40.5 Å². The second-order valence-corrected chi connectivity index (χ2v) is 4.78. The Morgan fingerprint density at radius 2 is 1.89 bits per heavy atom. The largest absolute Gasteiger partial charge is 0.464 e. The second-order valence-electron chi connectivity index (χ2n) is 3.53. The summed E-state index contributed by atoms with van der Waals surface area (Å²) in [6.45, 7) is 2.80. The molecule has 19 heavy (non-hydrogen) atoms. The standard InChI is InChI=1S/C12H14Cl3NO3/c1-2-19-11(17)7-18-4-3-16-12-9(14)5-8(13)6-10(12)15/h5-6,16H,2-4,7H2,1H3. The number of hydrogen-bond donors (Lipinski definition) is 1. The number of esters is 1. The van der Waals surface area contributed by atoms with Crippen LogP contribution >= 0.6 is 34.8 Å². The third kappa shape index (κ3) is 5.87. The van der Waals surface area contributed by atoms with Gasteiger partial charge in [0, 0.05) is 11.6 Å². The third-order valence-corrected chi connectivity index (χ3v) is 2.89. The van der Waals surface area contributed by atoms with Gasteiger partial charge in [0.1, 0.15) is 6.61 Å². The Morgan fingerprint density at radius 3 is 2.47 bits per heavy atom. The Hall–Kier alpha value is -0.680. The molecule has 0 radical (unpaired) electrons. The zero-order valence-electron chi connectivity index (χ0n) is 10.3. The van der Waals surface area contributed by atoms with Crippen LogP contribution in [0, 0.1) is 0 Å². The van der Waals surface area contributed by atoms with Crippen LogP contribution in [0.5, 0.6) is 0 Å². The van der Waals surface area contributed by atoms with Gasteiger partial charge in [-0.25, -0.2) is 4.79 Å². The first-order chi connectivity index (χ1) is 9.04. The molecule has 0 aliphatic heterocycles. The minimum absolute atomic E-state index is 0.0718. The summed E-state index contributed by atoms with van der Waals surface area (Å²) in [5, 5.41) is 4.35. The lowest BCUT2D eigenvalue weighted by Gasteiger charge is -2.11. The van der Waals surface area contributed by atoms with Crippen molar-refractivity contribution < 1.29 is 14.3 Å². The van der Waals surface area contributed by atoms with Crippen LogP contribution in [0.2, 0.25) is 15.1 Å². The van der Waals surface area contributed by atoms with Gasteiger partial charge in [0.25, 0.3) is 0 Å². The minimum Gasteiger partial charge on any atom is -0.464 e. The Morgan fingerprint density at radius 1 is 1.26 bits per heavy atom. The number of ether oxygens (including phenoxy) is 2. The van der Waals surface area contributed by atoms with E-state index in [4.69, 9.17) is 44.3 Å². The van der Waals surface area contributed by atoms with Gasteiger partial charge in [0.15, 0.2) is 0 Å². The summed E-state index contributed by atoms with van der Waals surface area (Å²) in [4.78, 5) is 11.0. The molecule has 7 heteroatoms. The van der Waals surface area contributed by atoms with E-state index in [1.807, 2.05) is 0 Å². The fourth-order valence-corrected chi connectivity index (χ4v) is 2.27. The van der Waals surface area contributed by atoms with Crippen LogP contribution < -0.4 is 5.32 Å². The van der Waals surface area contributed by atoms with Crippen LogP contribution in [0.3, 0.4) is 0 Å². The Labute approximate surface area is 126 Å². The molecule has 0 aromatic heterocycles. The molecule has 1 aromatic rings. The molecule has 0 aliphatic carbocycles. The van der Waals surface area contributed by atoms with Gasteiger partial charge in [-0.05, 0) is 19.1 Å². The molecule has 0 unspecified atom stereocenters. The minimum atomic E-state index is -0.384. The maximum atomic E-state index is 11.0. The smallest absolute Gasteiger partial charge is 0.332 e. The average Bonchev–Trinajstić information content (AvgIpc) is 2.31. The zero-order chi connectivity index (χ0) is 14.3. The molecule has 0 spiro atoms. The molecule has 4 nitrogen and oxygen atoms in total. The average molecular weight is 327 g/mol. The van der Waals surface area contributed by atoms with Crippen LogP contribution in [0.25, 0.3) is 0 Å². The normalized spacial score (nSPS) is 10.3. The molecule has 0 saturated carbocycles. The van der Waals surface area contributed by atoms with Crippen molar-refractivity contribution in [3.8, 4) is 0 Å². The van der Waals surface area contributed by atoms with Crippen LogP contribution in [0.15, 0.2) is 12.1 Å². The number of halogens is 3. The van der Waals surface area contributed by atoms with Crippen LogP contribution in [0.4, 0.5) is 5.69 Å². The summed E-state index contributed by atoms with van der Waals surface area (Å²) in [7, 11) is 0. The summed E-state index contributed by atoms with van der Waals surface area (Å²) in [5.41, 5.74) is 0.590. The molecule has 0 atom stereocenters. The first-order valence-corrected chi connectivity index (χ1v) is 6.79. The molecular formula is C12H14Cl3NO3. The van der Waals surface area contributed by atoms with Crippen molar-refractivity contribution in [3.05, 3.63) is 27.2 Å². The van der Waals surface area contributed by atoms with Crippen molar-refractivity contribution in [3.63, 3.8) is 0 Å². The second kappa shape index (κ2) is 8.48. The van der Waals surface area contributed by atoms with Crippen molar-refractivity contribution in [1.82, 2.24) is 0 Å². The Balaban J connectivity index is 2.32. The number of nitrogens with one attached hydrogen (secondary N) is 1. The fraction of sp³-hybridized carbons (Fsp3) is 0.417. The Kier molecular flexibility index (Phi) is 7.31. The third-order valence-electron chi connectivity index (χ3n) is 2.08.